The molecule has 0 aromatic carbocycles. The molecule has 0 radical (unpaired) electrons. The summed E-state index contributed by atoms with van der Waals surface area (Å²) in [5.74, 6) is 0.855. The van der Waals surface area contributed by atoms with E-state index < -0.39 is 0 Å². The maximum atomic E-state index is 11.7. The Balaban J connectivity index is 2.61. The van der Waals surface area contributed by atoms with E-state index in [-0.39, 0.29) is 11.9 Å². The summed E-state index contributed by atoms with van der Waals surface area (Å²) < 4.78 is 5.32. The molecule has 0 saturated heterocycles. The van der Waals surface area contributed by atoms with Crippen LogP contribution in [0.15, 0.2) is 16.5 Å². The molecule has 4 heteroatoms. The lowest BCUT2D eigenvalue weighted by molar-refractivity contribution is 0.0907. The average molecular weight is 220 g/mol. The molecule has 86 valence electrons. The number of carbonyl (C=O) groups is 1. The molecule has 0 saturated carbocycles. The maximum absolute atomic E-state index is 11.7. The van der Waals surface area contributed by atoms with Crippen LogP contribution in [0.2, 0.25) is 0 Å². The van der Waals surface area contributed by atoms with E-state index in [1.165, 1.54) is 0 Å². The van der Waals surface area contributed by atoms with E-state index >= 15 is 0 Å². The number of hydrogen-bond donors (Lipinski definition) is 1. The summed E-state index contributed by atoms with van der Waals surface area (Å²) in [5.41, 5.74) is 0. The zero-order chi connectivity index (χ0) is 12.0. The van der Waals surface area contributed by atoms with Crippen LogP contribution in [0.4, 0.5) is 0 Å². The van der Waals surface area contributed by atoms with Crippen LogP contribution in [0, 0.1) is 11.3 Å². The van der Waals surface area contributed by atoms with E-state index in [0.717, 1.165) is 18.6 Å². The van der Waals surface area contributed by atoms with Crippen LogP contribution in [-0.2, 0) is 6.42 Å². The number of nitrogens with zero attached hydrogens (tertiary/aromatic N) is 1. The average Bonchev–Trinajstić information content (AvgIpc) is 2.76. The first-order valence-electron chi connectivity index (χ1n) is 5.47. The lowest BCUT2D eigenvalue weighted by atomic mass is 10.1. The molecule has 0 spiro atoms. The number of hydrogen-bond acceptors (Lipinski definition) is 3. The predicted octanol–water partition coefficient (Wildman–Crippen LogP) is 2.26. The van der Waals surface area contributed by atoms with E-state index in [0.29, 0.717) is 12.2 Å². The first kappa shape index (κ1) is 12.3. The number of nitrogens with one attached hydrogen (secondary N) is 1. The van der Waals surface area contributed by atoms with E-state index in [4.69, 9.17) is 9.68 Å². The third-order valence-electron chi connectivity index (χ3n) is 2.40. The lowest BCUT2D eigenvalue weighted by Crippen LogP contribution is -2.33. The minimum atomic E-state index is -0.248. The van der Waals surface area contributed by atoms with Crippen molar-refractivity contribution < 1.29 is 9.21 Å². The van der Waals surface area contributed by atoms with Crippen LogP contribution < -0.4 is 5.32 Å². The fourth-order valence-corrected chi connectivity index (χ4v) is 1.35. The maximum Gasteiger partial charge on any atom is 0.287 e. The summed E-state index contributed by atoms with van der Waals surface area (Å²) in [6.45, 7) is 3.90. The van der Waals surface area contributed by atoms with Crippen molar-refractivity contribution in [3.8, 4) is 6.07 Å². The van der Waals surface area contributed by atoms with Gasteiger partial charge in [-0.15, -0.1) is 0 Å². The Morgan fingerprint density at radius 3 is 2.81 bits per heavy atom. The molecule has 1 unspecified atom stereocenters. The third-order valence-corrected chi connectivity index (χ3v) is 2.40. The largest absolute Gasteiger partial charge is 0.456 e. The monoisotopic (exact) mass is 220 g/mol. The molecule has 1 aromatic rings. The number of amides is 1. The zero-order valence-electron chi connectivity index (χ0n) is 9.62. The highest BCUT2D eigenvalue weighted by Crippen LogP contribution is 2.09. The lowest BCUT2D eigenvalue weighted by Gasteiger charge is -2.11. The molecular weight excluding hydrogens is 204 g/mol. The fraction of sp³-hybridized carbons (Fsp3) is 0.500. The van der Waals surface area contributed by atoms with Crippen molar-refractivity contribution in [1.29, 1.82) is 5.26 Å². The summed E-state index contributed by atoms with van der Waals surface area (Å²) >= 11 is 0. The number of aryl methyl sites for hydroxylation is 1. The van der Waals surface area contributed by atoms with Crippen molar-refractivity contribution in [3.05, 3.63) is 23.7 Å². The molecule has 1 atom stereocenters. The van der Waals surface area contributed by atoms with Gasteiger partial charge in [-0.05, 0) is 18.6 Å². The zero-order valence-corrected chi connectivity index (χ0v) is 9.62. The molecule has 4 nitrogen and oxygen atoms in total. The van der Waals surface area contributed by atoms with Crippen molar-refractivity contribution in [2.45, 2.75) is 39.2 Å². The SMILES string of the molecule is CCc1ccc(C(=O)NC(CC)CC#N)o1. The number of nitriles is 1. The van der Waals surface area contributed by atoms with Gasteiger partial charge in [-0.1, -0.05) is 13.8 Å². The van der Waals surface area contributed by atoms with Crippen molar-refractivity contribution in [1.82, 2.24) is 5.32 Å². The van der Waals surface area contributed by atoms with Crippen LogP contribution in [-0.4, -0.2) is 11.9 Å². The van der Waals surface area contributed by atoms with Gasteiger partial charge in [-0.25, -0.2) is 0 Å². The summed E-state index contributed by atoms with van der Waals surface area (Å²) in [6.07, 6.45) is 1.83. The van der Waals surface area contributed by atoms with Gasteiger partial charge in [0.1, 0.15) is 5.76 Å². The molecule has 0 aliphatic carbocycles. The molecule has 1 rings (SSSR count). The molecule has 1 amide bonds. The van der Waals surface area contributed by atoms with Crippen molar-refractivity contribution in [2.75, 3.05) is 0 Å². The van der Waals surface area contributed by atoms with E-state index in [2.05, 4.69) is 5.32 Å². The Labute approximate surface area is 95.2 Å². The van der Waals surface area contributed by atoms with Crippen LogP contribution in [0.25, 0.3) is 0 Å². The quantitative estimate of drug-likeness (QED) is 0.827. The van der Waals surface area contributed by atoms with Crippen LogP contribution in [0.3, 0.4) is 0 Å². The normalized spacial score (nSPS) is 11.8. The van der Waals surface area contributed by atoms with Gasteiger partial charge in [0.2, 0.25) is 0 Å². The molecule has 0 aliphatic heterocycles. The second-order valence-electron chi connectivity index (χ2n) is 3.56. The van der Waals surface area contributed by atoms with Gasteiger partial charge in [0.05, 0.1) is 12.5 Å². The summed E-state index contributed by atoms with van der Waals surface area (Å²) in [4.78, 5) is 11.7. The highest BCUT2D eigenvalue weighted by atomic mass is 16.3. The first-order valence-corrected chi connectivity index (χ1v) is 5.47. The highest BCUT2D eigenvalue weighted by Gasteiger charge is 2.14. The van der Waals surface area contributed by atoms with E-state index in [9.17, 15) is 4.79 Å². The standard InChI is InChI=1S/C12H16N2O2/c1-3-9(7-8-13)14-12(15)11-6-5-10(4-2)16-11/h5-6,9H,3-4,7H2,1-2H3,(H,14,15). The highest BCUT2D eigenvalue weighted by molar-refractivity contribution is 5.91. The summed E-state index contributed by atoms with van der Waals surface area (Å²) in [7, 11) is 0. The Kier molecular flexibility index (Phi) is 4.59. The van der Waals surface area contributed by atoms with Gasteiger partial charge in [-0.3, -0.25) is 4.79 Å². The molecule has 0 fully saturated rings. The van der Waals surface area contributed by atoms with E-state index in [1.807, 2.05) is 19.9 Å². The van der Waals surface area contributed by atoms with Crippen LogP contribution >= 0.6 is 0 Å². The Hall–Kier alpha value is -1.76. The second kappa shape index (κ2) is 5.96. The topological polar surface area (TPSA) is 66.0 Å². The molecule has 1 heterocycles. The molecule has 1 aromatic heterocycles. The molecule has 16 heavy (non-hydrogen) atoms. The minimum absolute atomic E-state index is 0.104. The number of carbonyl (C=O) groups excluding carboxylic acids is 1. The van der Waals surface area contributed by atoms with Gasteiger partial charge in [0, 0.05) is 12.5 Å². The second-order valence-corrected chi connectivity index (χ2v) is 3.56. The van der Waals surface area contributed by atoms with Gasteiger partial charge in [0.25, 0.3) is 5.91 Å². The smallest absolute Gasteiger partial charge is 0.287 e. The Bertz CT molecular complexity index is 390. The van der Waals surface area contributed by atoms with Gasteiger partial charge < -0.3 is 9.73 Å². The molecule has 1 N–H and O–H groups in total. The van der Waals surface area contributed by atoms with Gasteiger partial charge >= 0.3 is 0 Å². The van der Waals surface area contributed by atoms with Crippen molar-refractivity contribution >= 4 is 5.91 Å². The Morgan fingerprint density at radius 2 is 2.31 bits per heavy atom. The Morgan fingerprint density at radius 1 is 1.56 bits per heavy atom. The van der Waals surface area contributed by atoms with Gasteiger partial charge in [0.15, 0.2) is 5.76 Å². The molecular formula is C12H16N2O2. The van der Waals surface area contributed by atoms with Crippen LogP contribution in [0.5, 0.6) is 0 Å². The van der Waals surface area contributed by atoms with Gasteiger partial charge in [-0.2, -0.15) is 5.26 Å². The summed E-state index contributed by atoms with van der Waals surface area (Å²) in [6, 6.07) is 5.39. The molecule has 0 bridgehead atoms. The fourth-order valence-electron chi connectivity index (χ4n) is 1.35. The number of furan rings is 1. The van der Waals surface area contributed by atoms with Crippen LogP contribution in [0.1, 0.15) is 43.0 Å². The van der Waals surface area contributed by atoms with Crippen molar-refractivity contribution in [2.24, 2.45) is 0 Å². The van der Waals surface area contributed by atoms with E-state index in [1.54, 1.807) is 12.1 Å². The first-order chi connectivity index (χ1) is 7.71. The predicted molar refractivity (Wildman–Crippen MR) is 59.9 cm³/mol. The minimum Gasteiger partial charge on any atom is -0.456 e. The number of rotatable bonds is 5. The van der Waals surface area contributed by atoms with Crippen molar-refractivity contribution in [3.63, 3.8) is 0 Å². The third kappa shape index (κ3) is 3.13. The summed E-state index contributed by atoms with van der Waals surface area (Å²) in [5, 5.41) is 11.3. The molecule has 0 aliphatic rings.